The van der Waals surface area contributed by atoms with Gasteiger partial charge in [0, 0.05) is 6.42 Å². The SMILES string of the molecule is Cc1cccc(C2=CCCO2)c1F. The van der Waals surface area contributed by atoms with Gasteiger partial charge in [-0.3, -0.25) is 0 Å². The largest absolute Gasteiger partial charge is 0.493 e. The molecule has 0 unspecified atom stereocenters. The molecule has 2 heteroatoms. The molecule has 0 fully saturated rings. The molecule has 2 rings (SSSR count). The summed E-state index contributed by atoms with van der Waals surface area (Å²) >= 11 is 0. The van der Waals surface area contributed by atoms with Gasteiger partial charge in [0.15, 0.2) is 0 Å². The van der Waals surface area contributed by atoms with Gasteiger partial charge in [0.05, 0.1) is 12.2 Å². The van der Waals surface area contributed by atoms with Crippen molar-refractivity contribution in [3.05, 3.63) is 41.2 Å². The van der Waals surface area contributed by atoms with E-state index in [9.17, 15) is 4.39 Å². The Bertz CT molecular complexity index is 355. The van der Waals surface area contributed by atoms with Crippen LogP contribution in [0.3, 0.4) is 0 Å². The van der Waals surface area contributed by atoms with Gasteiger partial charge in [0.25, 0.3) is 0 Å². The first kappa shape index (κ1) is 8.30. The number of ether oxygens (including phenoxy) is 1. The Hall–Kier alpha value is -1.31. The van der Waals surface area contributed by atoms with Crippen molar-refractivity contribution in [1.82, 2.24) is 0 Å². The summed E-state index contributed by atoms with van der Waals surface area (Å²) in [5.41, 5.74) is 1.24. The molecule has 68 valence electrons. The lowest BCUT2D eigenvalue weighted by Crippen LogP contribution is -1.93. The van der Waals surface area contributed by atoms with E-state index in [-0.39, 0.29) is 5.82 Å². The molecule has 0 bridgehead atoms. The van der Waals surface area contributed by atoms with Crippen LogP contribution in [0.4, 0.5) is 4.39 Å². The van der Waals surface area contributed by atoms with Crippen LogP contribution in [0.15, 0.2) is 24.3 Å². The van der Waals surface area contributed by atoms with Gasteiger partial charge in [-0.15, -0.1) is 0 Å². The van der Waals surface area contributed by atoms with Crippen LogP contribution in [0.25, 0.3) is 5.76 Å². The van der Waals surface area contributed by atoms with E-state index in [2.05, 4.69) is 0 Å². The van der Waals surface area contributed by atoms with Crippen molar-refractivity contribution >= 4 is 5.76 Å². The Balaban J connectivity index is 2.45. The van der Waals surface area contributed by atoms with Gasteiger partial charge in [0.2, 0.25) is 0 Å². The molecule has 0 aliphatic carbocycles. The van der Waals surface area contributed by atoms with E-state index in [1.54, 1.807) is 19.1 Å². The molecule has 1 aliphatic heterocycles. The summed E-state index contributed by atoms with van der Waals surface area (Å²) in [6.45, 7) is 2.43. The molecule has 0 radical (unpaired) electrons. The van der Waals surface area contributed by atoms with Crippen LogP contribution in [0.2, 0.25) is 0 Å². The molecule has 1 nitrogen and oxygen atoms in total. The van der Waals surface area contributed by atoms with Crippen LogP contribution in [0.5, 0.6) is 0 Å². The second-order valence-corrected chi connectivity index (χ2v) is 3.14. The summed E-state index contributed by atoms with van der Waals surface area (Å²) in [5, 5.41) is 0. The lowest BCUT2D eigenvalue weighted by Gasteiger charge is -2.06. The third-order valence-corrected chi connectivity index (χ3v) is 2.16. The fourth-order valence-corrected chi connectivity index (χ4v) is 1.44. The van der Waals surface area contributed by atoms with Gasteiger partial charge in [-0.25, -0.2) is 4.39 Å². The minimum absolute atomic E-state index is 0.171. The molecule has 13 heavy (non-hydrogen) atoms. The van der Waals surface area contributed by atoms with Crippen LogP contribution in [-0.4, -0.2) is 6.61 Å². The van der Waals surface area contributed by atoms with Crippen molar-refractivity contribution in [2.24, 2.45) is 0 Å². The second kappa shape index (κ2) is 3.21. The first-order valence-electron chi connectivity index (χ1n) is 4.37. The number of hydrogen-bond donors (Lipinski definition) is 0. The van der Waals surface area contributed by atoms with E-state index >= 15 is 0 Å². The maximum Gasteiger partial charge on any atom is 0.137 e. The van der Waals surface area contributed by atoms with Crippen molar-refractivity contribution in [3.63, 3.8) is 0 Å². The van der Waals surface area contributed by atoms with E-state index in [4.69, 9.17) is 4.74 Å². The molecule has 0 atom stereocenters. The van der Waals surface area contributed by atoms with E-state index < -0.39 is 0 Å². The van der Waals surface area contributed by atoms with Crippen molar-refractivity contribution < 1.29 is 9.13 Å². The van der Waals surface area contributed by atoms with Crippen LogP contribution < -0.4 is 0 Å². The fraction of sp³-hybridized carbons (Fsp3) is 0.273. The highest BCUT2D eigenvalue weighted by atomic mass is 19.1. The normalized spacial score (nSPS) is 15.4. The Labute approximate surface area is 76.8 Å². The topological polar surface area (TPSA) is 9.23 Å². The van der Waals surface area contributed by atoms with Crippen molar-refractivity contribution in [2.75, 3.05) is 6.61 Å². The Morgan fingerprint density at radius 3 is 2.92 bits per heavy atom. The van der Waals surface area contributed by atoms with Crippen molar-refractivity contribution in [1.29, 1.82) is 0 Å². The van der Waals surface area contributed by atoms with Crippen LogP contribution in [-0.2, 0) is 4.74 Å². The minimum Gasteiger partial charge on any atom is -0.493 e. The second-order valence-electron chi connectivity index (χ2n) is 3.14. The highest BCUT2D eigenvalue weighted by Crippen LogP contribution is 2.25. The zero-order chi connectivity index (χ0) is 9.26. The van der Waals surface area contributed by atoms with E-state index in [1.807, 2.05) is 12.1 Å². The van der Waals surface area contributed by atoms with E-state index in [0.717, 1.165) is 6.42 Å². The monoisotopic (exact) mass is 178 g/mol. The molecule has 0 saturated carbocycles. The summed E-state index contributed by atoms with van der Waals surface area (Å²) in [7, 11) is 0. The smallest absolute Gasteiger partial charge is 0.137 e. The van der Waals surface area contributed by atoms with Gasteiger partial charge < -0.3 is 4.74 Å². The summed E-state index contributed by atoms with van der Waals surface area (Å²) in [6.07, 6.45) is 2.81. The molecule has 0 saturated heterocycles. The number of hydrogen-bond acceptors (Lipinski definition) is 1. The molecule has 1 aromatic carbocycles. The highest BCUT2D eigenvalue weighted by molar-refractivity contribution is 5.62. The van der Waals surface area contributed by atoms with Crippen molar-refractivity contribution in [3.8, 4) is 0 Å². The predicted molar refractivity (Wildman–Crippen MR) is 49.7 cm³/mol. The molecule has 0 amide bonds. The summed E-state index contributed by atoms with van der Waals surface area (Å²) in [4.78, 5) is 0. The van der Waals surface area contributed by atoms with E-state index in [1.165, 1.54) is 0 Å². The zero-order valence-electron chi connectivity index (χ0n) is 7.51. The summed E-state index contributed by atoms with van der Waals surface area (Å²) < 4.78 is 18.8. The predicted octanol–water partition coefficient (Wildman–Crippen LogP) is 2.90. The quantitative estimate of drug-likeness (QED) is 0.642. The molecular formula is C11H11FO. The number of rotatable bonds is 1. The summed E-state index contributed by atoms with van der Waals surface area (Å²) in [5.74, 6) is 0.511. The average molecular weight is 178 g/mol. The molecule has 0 spiro atoms. The van der Waals surface area contributed by atoms with Gasteiger partial charge >= 0.3 is 0 Å². The summed E-state index contributed by atoms with van der Waals surface area (Å²) in [6, 6.07) is 5.35. The lowest BCUT2D eigenvalue weighted by atomic mass is 10.1. The minimum atomic E-state index is -0.171. The fourth-order valence-electron chi connectivity index (χ4n) is 1.44. The highest BCUT2D eigenvalue weighted by Gasteiger charge is 2.13. The zero-order valence-corrected chi connectivity index (χ0v) is 7.51. The van der Waals surface area contributed by atoms with E-state index in [0.29, 0.717) is 23.5 Å². The molecule has 1 heterocycles. The van der Waals surface area contributed by atoms with Gasteiger partial charge in [-0.05, 0) is 24.6 Å². The molecule has 0 aromatic heterocycles. The Morgan fingerprint density at radius 2 is 2.23 bits per heavy atom. The van der Waals surface area contributed by atoms with Crippen LogP contribution in [0, 0.1) is 12.7 Å². The Kier molecular flexibility index (Phi) is 2.05. The van der Waals surface area contributed by atoms with Gasteiger partial charge in [-0.2, -0.15) is 0 Å². The molecule has 1 aliphatic rings. The molecule has 0 N–H and O–H groups in total. The lowest BCUT2D eigenvalue weighted by molar-refractivity contribution is 0.306. The maximum absolute atomic E-state index is 13.5. The van der Waals surface area contributed by atoms with Gasteiger partial charge in [0.1, 0.15) is 11.6 Å². The molecule has 1 aromatic rings. The Morgan fingerprint density at radius 1 is 1.38 bits per heavy atom. The number of benzene rings is 1. The average Bonchev–Trinajstić information content (AvgIpc) is 2.62. The number of aryl methyl sites for hydroxylation is 1. The first-order chi connectivity index (χ1) is 6.29. The molecular weight excluding hydrogens is 167 g/mol. The first-order valence-corrected chi connectivity index (χ1v) is 4.37. The van der Waals surface area contributed by atoms with Crippen LogP contribution >= 0.6 is 0 Å². The van der Waals surface area contributed by atoms with Crippen molar-refractivity contribution in [2.45, 2.75) is 13.3 Å². The standard InChI is InChI=1S/C11H11FO/c1-8-4-2-5-9(11(8)12)10-6-3-7-13-10/h2,4-6H,3,7H2,1H3. The third kappa shape index (κ3) is 1.44. The maximum atomic E-state index is 13.5. The third-order valence-electron chi connectivity index (χ3n) is 2.16. The van der Waals surface area contributed by atoms with Gasteiger partial charge in [-0.1, -0.05) is 12.1 Å². The van der Waals surface area contributed by atoms with Crippen LogP contribution in [0.1, 0.15) is 17.5 Å². The number of halogens is 1.